The fourth-order valence-corrected chi connectivity index (χ4v) is 7.05. The van der Waals surface area contributed by atoms with Crippen molar-refractivity contribution in [2.24, 2.45) is 23.2 Å². The number of hydrogen-bond acceptors (Lipinski definition) is 3. The van der Waals surface area contributed by atoms with Gasteiger partial charge >= 0.3 is 0 Å². The average Bonchev–Trinajstić information content (AvgIpc) is 2.71. The standard InChI is InChI=1S/C28H39F3N2O/c1-7-9-19-20(28(6,30)31)15-32-25-23(19)27(5,18-11-8-10-17(12-18)16(2)29)24-21(33-25)13-26(3,4)14-22(24)34/h8,10-12,16,19-20,23,25,32-33H,7,9,13-15H2,1-6H3/t16?,19?,20?,23?,25?,27-/m1/s1. The fourth-order valence-electron chi connectivity index (χ4n) is 7.05. The van der Waals surface area contributed by atoms with E-state index in [1.807, 2.05) is 32.0 Å². The summed E-state index contributed by atoms with van der Waals surface area (Å²) in [5.74, 6) is -4.18. The van der Waals surface area contributed by atoms with Gasteiger partial charge in [0.15, 0.2) is 5.78 Å². The smallest absolute Gasteiger partial charge is 0.249 e. The predicted octanol–water partition coefficient (Wildman–Crippen LogP) is 6.45. The van der Waals surface area contributed by atoms with E-state index >= 15 is 0 Å². The number of hydrogen-bond donors (Lipinski definition) is 2. The number of nitrogens with one attached hydrogen (secondary N) is 2. The summed E-state index contributed by atoms with van der Waals surface area (Å²) in [6.45, 7) is 11.0. The molecule has 3 aliphatic rings. The summed E-state index contributed by atoms with van der Waals surface area (Å²) in [6.07, 6.45) is 1.19. The maximum absolute atomic E-state index is 14.9. The number of piperidine rings is 1. The molecule has 4 rings (SSSR count). The second-order valence-corrected chi connectivity index (χ2v) is 11.8. The predicted molar refractivity (Wildman–Crippen MR) is 129 cm³/mol. The number of ketones is 1. The lowest BCUT2D eigenvalue weighted by molar-refractivity contribution is -0.123. The highest BCUT2D eigenvalue weighted by molar-refractivity contribution is 6.00. The first-order valence-electron chi connectivity index (χ1n) is 12.7. The van der Waals surface area contributed by atoms with Gasteiger partial charge in [0, 0.05) is 41.5 Å². The van der Waals surface area contributed by atoms with Crippen LogP contribution in [0.25, 0.3) is 0 Å². The zero-order chi connectivity index (χ0) is 25.1. The van der Waals surface area contributed by atoms with Crippen LogP contribution in [0.15, 0.2) is 35.5 Å². The first-order valence-corrected chi connectivity index (χ1v) is 12.7. The lowest BCUT2D eigenvalue weighted by atomic mass is 9.52. The highest BCUT2D eigenvalue weighted by Gasteiger charge is 2.59. The van der Waals surface area contributed by atoms with E-state index in [-0.39, 0.29) is 35.7 Å². The molecule has 1 aromatic carbocycles. The van der Waals surface area contributed by atoms with Crippen molar-refractivity contribution in [3.05, 3.63) is 46.7 Å². The summed E-state index contributed by atoms with van der Waals surface area (Å²) < 4.78 is 44.1. The van der Waals surface area contributed by atoms with Crippen molar-refractivity contribution in [3.63, 3.8) is 0 Å². The third kappa shape index (κ3) is 4.20. The molecule has 0 amide bonds. The van der Waals surface area contributed by atoms with Crippen LogP contribution >= 0.6 is 0 Å². The molecule has 1 aromatic rings. The number of carbonyl (C=O) groups is 1. The Bertz CT molecular complexity index is 980. The van der Waals surface area contributed by atoms with Gasteiger partial charge in [0.2, 0.25) is 5.92 Å². The Hall–Kier alpha value is -1.82. The molecule has 1 aliphatic carbocycles. The van der Waals surface area contributed by atoms with Gasteiger partial charge in [-0.2, -0.15) is 0 Å². The molecule has 2 N–H and O–H groups in total. The Morgan fingerprint density at radius 2 is 1.91 bits per heavy atom. The zero-order valence-electron chi connectivity index (χ0n) is 21.3. The molecule has 0 aromatic heterocycles. The third-order valence-corrected chi connectivity index (χ3v) is 8.50. The molecule has 188 valence electrons. The molecule has 1 fully saturated rings. The molecular weight excluding hydrogens is 437 g/mol. The Morgan fingerprint density at radius 3 is 2.53 bits per heavy atom. The molecular formula is C28H39F3N2O. The summed E-state index contributed by atoms with van der Waals surface area (Å²) in [7, 11) is 0. The van der Waals surface area contributed by atoms with Crippen LogP contribution in [0.4, 0.5) is 13.2 Å². The Labute approximate surface area is 202 Å². The SMILES string of the molecule is CCCC1C(C(C)(F)F)CNC2NC3=C(C(=O)CC(C)(C)C3)[C@](C)(c3cccc(C(C)F)c3)C21. The van der Waals surface area contributed by atoms with Crippen molar-refractivity contribution >= 4 is 5.78 Å². The maximum Gasteiger partial charge on any atom is 0.249 e. The molecule has 0 radical (unpaired) electrons. The number of benzene rings is 1. The number of carbonyl (C=O) groups excluding carboxylic acids is 1. The van der Waals surface area contributed by atoms with E-state index in [1.165, 1.54) is 6.92 Å². The Kier molecular flexibility index (Phi) is 6.46. The minimum absolute atomic E-state index is 0.0685. The van der Waals surface area contributed by atoms with E-state index < -0.39 is 23.4 Å². The summed E-state index contributed by atoms with van der Waals surface area (Å²) in [4.78, 5) is 13.7. The zero-order valence-corrected chi connectivity index (χ0v) is 21.3. The summed E-state index contributed by atoms with van der Waals surface area (Å²) in [5, 5.41) is 6.99. The Balaban J connectivity index is 1.96. The monoisotopic (exact) mass is 476 g/mol. The van der Waals surface area contributed by atoms with E-state index in [9.17, 15) is 18.0 Å². The van der Waals surface area contributed by atoms with Gasteiger partial charge < -0.3 is 5.32 Å². The van der Waals surface area contributed by atoms with Crippen LogP contribution in [0.5, 0.6) is 0 Å². The number of halogens is 3. The van der Waals surface area contributed by atoms with Gasteiger partial charge in [-0.25, -0.2) is 13.2 Å². The van der Waals surface area contributed by atoms with Crippen LogP contribution in [-0.4, -0.2) is 24.4 Å². The molecule has 0 bridgehead atoms. The van der Waals surface area contributed by atoms with Crippen LogP contribution in [0.1, 0.15) is 84.5 Å². The van der Waals surface area contributed by atoms with Gasteiger partial charge in [-0.05, 0) is 49.1 Å². The third-order valence-electron chi connectivity index (χ3n) is 8.50. The summed E-state index contributed by atoms with van der Waals surface area (Å²) >= 11 is 0. The fraction of sp³-hybridized carbons (Fsp3) is 0.679. The largest absolute Gasteiger partial charge is 0.372 e. The van der Waals surface area contributed by atoms with Crippen LogP contribution in [0.2, 0.25) is 0 Å². The quantitative estimate of drug-likeness (QED) is 0.513. The van der Waals surface area contributed by atoms with E-state index in [4.69, 9.17) is 0 Å². The van der Waals surface area contributed by atoms with Gasteiger partial charge in [0.05, 0.1) is 6.17 Å². The van der Waals surface area contributed by atoms with Crippen LogP contribution in [0.3, 0.4) is 0 Å². The molecule has 34 heavy (non-hydrogen) atoms. The van der Waals surface area contributed by atoms with Crippen molar-refractivity contribution < 1.29 is 18.0 Å². The van der Waals surface area contributed by atoms with E-state index in [2.05, 4.69) is 24.5 Å². The summed E-state index contributed by atoms with van der Waals surface area (Å²) in [6, 6.07) is 7.38. The van der Waals surface area contributed by atoms with Gasteiger partial charge in [0.1, 0.15) is 6.17 Å². The number of alkyl halides is 3. The Morgan fingerprint density at radius 1 is 1.21 bits per heavy atom. The van der Waals surface area contributed by atoms with Crippen LogP contribution in [0, 0.1) is 23.2 Å². The molecule has 2 aliphatic heterocycles. The first-order chi connectivity index (χ1) is 15.8. The molecule has 6 heteroatoms. The topological polar surface area (TPSA) is 41.1 Å². The van der Waals surface area contributed by atoms with Crippen molar-refractivity contribution in [2.45, 2.75) is 90.9 Å². The summed E-state index contributed by atoms with van der Waals surface area (Å²) in [5.41, 5.74) is 2.03. The van der Waals surface area contributed by atoms with Crippen molar-refractivity contribution in [2.75, 3.05) is 6.54 Å². The number of Topliss-reactive ketones (excluding diaryl/α,β-unsaturated/α-hetero) is 1. The first kappa shape index (κ1) is 25.3. The lowest BCUT2D eigenvalue weighted by Crippen LogP contribution is -2.68. The van der Waals surface area contributed by atoms with Gasteiger partial charge in [-0.1, -0.05) is 58.4 Å². The molecule has 2 heterocycles. The normalized spacial score (nSPS) is 34.2. The highest BCUT2D eigenvalue weighted by atomic mass is 19.3. The maximum atomic E-state index is 14.9. The van der Waals surface area contributed by atoms with Crippen molar-refractivity contribution in [3.8, 4) is 0 Å². The van der Waals surface area contributed by atoms with Crippen LogP contribution in [-0.2, 0) is 10.2 Å². The number of fused-ring (bicyclic) bond motifs is 1. The van der Waals surface area contributed by atoms with E-state index in [0.29, 0.717) is 24.0 Å². The molecule has 0 saturated carbocycles. The van der Waals surface area contributed by atoms with Gasteiger partial charge in [-0.15, -0.1) is 0 Å². The van der Waals surface area contributed by atoms with Crippen molar-refractivity contribution in [1.29, 1.82) is 0 Å². The molecule has 0 spiro atoms. The minimum Gasteiger partial charge on any atom is -0.372 e. The molecule has 3 nitrogen and oxygen atoms in total. The van der Waals surface area contributed by atoms with E-state index in [0.717, 1.165) is 31.0 Å². The highest BCUT2D eigenvalue weighted by Crippen LogP contribution is 2.56. The van der Waals surface area contributed by atoms with E-state index in [1.54, 1.807) is 6.07 Å². The second-order valence-electron chi connectivity index (χ2n) is 11.8. The van der Waals surface area contributed by atoms with Gasteiger partial charge in [0.25, 0.3) is 0 Å². The lowest BCUT2D eigenvalue weighted by Gasteiger charge is -2.58. The molecule has 5 unspecified atom stereocenters. The number of allylic oxidation sites excluding steroid dienone is 2. The average molecular weight is 477 g/mol. The van der Waals surface area contributed by atoms with Gasteiger partial charge in [-0.3, -0.25) is 10.1 Å². The van der Waals surface area contributed by atoms with Crippen LogP contribution < -0.4 is 10.6 Å². The van der Waals surface area contributed by atoms with Crippen molar-refractivity contribution in [1.82, 2.24) is 10.6 Å². The molecule has 1 saturated heterocycles. The minimum atomic E-state index is -2.85. The number of rotatable bonds is 5. The second kappa shape index (κ2) is 8.69. The molecule has 6 atom stereocenters.